The molecule has 0 amide bonds. The number of fused-ring (bicyclic) bond motifs is 1. The van der Waals surface area contributed by atoms with Crippen LogP contribution in [-0.4, -0.2) is 46.4 Å². The minimum absolute atomic E-state index is 0.537. The van der Waals surface area contributed by atoms with Crippen LogP contribution >= 0.6 is 0 Å². The minimum atomic E-state index is 0.537. The normalized spacial score (nSPS) is 18.4. The minimum Gasteiger partial charge on any atom is -0.364 e. The van der Waals surface area contributed by atoms with Crippen LogP contribution in [0.15, 0.2) is 22.9 Å². The van der Waals surface area contributed by atoms with Crippen LogP contribution in [0.4, 0.5) is 5.82 Å². The fraction of sp³-hybridized carbons (Fsp3) is 0.562. The molecule has 1 aliphatic carbocycles. The van der Waals surface area contributed by atoms with Crippen LogP contribution in [0.2, 0.25) is 0 Å². The summed E-state index contributed by atoms with van der Waals surface area (Å²) in [6, 6.07) is 4.70. The van der Waals surface area contributed by atoms with Gasteiger partial charge in [-0.3, -0.25) is 4.90 Å². The van der Waals surface area contributed by atoms with E-state index in [0.717, 1.165) is 44.0 Å². The van der Waals surface area contributed by atoms with Crippen molar-refractivity contribution in [3.63, 3.8) is 0 Å². The van der Waals surface area contributed by atoms with Crippen molar-refractivity contribution in [2.45, 2.75) is 38.3 Å². The molecule has 0 spiro atoms. The summed E-state index contributed by atoms with van der Waals surface area (Å²) in [4.78, 5) is 4.63. The Bertz CT molecular complexity index is 636. The first kappa shape index (κ1) is 13.7. The van der Waals surface area contributed by atoms with Gasteiger partial charge >= 0.3 is 0 Å². The number of nitrogens with zero attached hydrogens (tertiary/aromatic N) is 5. The summed E-state index contributed by atoms with van der Waals surface area (Å²) in [6.07, 6.45) is 6.40. The van der Waals surface area contributed by atoms with Crippen LogP contribution in [0.1, 0.15) is 29.8 Å². The summed E-state index contributed by atoms with van der Waals surface area (Å²) in [6.45, 7) is 2.83. The third kappa shape index (κ3) is 2.59. The summed E-state index contributed by atoms with van der Waals surface area (Å²) < 4.78 is 4.88. The molecule has 116 valence electrons. The highest BCUT2D eigenvalue weighted by atomic mass is 16.5. The standard InChI is InChI=1S/C16H21N5O/c1-20(9-13-6-7-22-19-13)14-10-21(11-14)16-8-12-4-2-3-5-15(12)17-18-16/h6-8,14H,2-5,9-11H2,1H3. The third-order valence-electron chi connectivity index (χ3n) is 4.77. The van der Waals surface area contributed by atoms with Crippen LogP contribution < -0.4 is 4.90 Å². The SMILES string of the molecule is CN(Cc1ccon1)C1CN(c2cc3c(nn2)CCCC3)C1. The van der Waals surface area contributed by atoms with Crippen LogP contribution in [0.5, 0.6) is 0 Å². The number of rotatable bonds is 4. The molecule has 2 aromatic rings. The van der Waals surface area contributed by atoms with Gasteiger partial charge < -0.3 is 9.42 Å². The Morgan fingerprint density at radius 3 is 2.95 bits per heavy atom. The summed E-state index contributed by atoms with van der Waals surface area (Å²) in [5.41, 5.74) is 3.58. The molecule has 22 heavy (non-hydrogen) atoms. The summed E-state index contributed by atoms with van der Waals surface area (Å²) in [5.74, 6) is 1.03. The zero-order valence-corrected chi connectivity index (χ0v) is 12.9. The van der Waals surface area contributed by atoms with E-state index in [9.17, 15) is 0 Å². The molecule has 2 aromatic heterocycles. The maximum Gasteiger partial charge on any atom is 0.151 e. The third-order valence-corrected chi connectivity index (χ3v) is 4.77. The van der Waals surface area contributed by atoms with E-state index in [4.69, 9.17) is 4.52 Å². The van der Waals surface area contributed by atoms with Gasteiger partial charge in [0, 0.05) is 31.7 Å². The number of aromatic nitrogens is 3. The number of likely N-dealkylation sites (N-methyl/N-ethyl adjacent to an activating group) is 1. The second kappa shape index (κ2) is 5.68. The Hall–Kier alpha value is -1.95. The number of aryl methyl sites for hydroxylation is 2. The zero-order chi connectivity index (χ0) is 14.9. The monoisotopic (exact) mass is 299 g/mol. The van der Waals surface area contributed by atoms with Crippen molar-refractivity contribution in [3.8, 4) is 0 Å². The first-order valence-electron chi connectivity index (χ1n) is 7.99. The molecule has 2 aliphatic rings. The molecule has 1 fully saturated rings. The lowest BCUT2D eigenvalue weighted by Crippen LogP contribution is -2.58. The van der Waals surface area contributed by atoms with E-state index in [1.165, 1.54) is 24.1 Å². The highest BCUT2D eigenvalue weighted by Crippen LogP contribution is 2.26. The van der Waals surface area contributed by atoms with Crippen molar-refractivity contribution >= 4 is 5.82 Å². The van der Waals surface area contributed by atoms with Gasteiger partial charge in [0.1, 0.15) is 6.26 Å². The molecule has 6 heteroatoms. The largest absolute Gasteiger partial charge is 0.364 e. The van der Waals surface area contributed by atoms with Crippen molar-refractivity contribution < 1.29 is 4.52 Å². The van der Waals surface area contributed by atoms with E-state index in [2.05, 4.69) is 38.3 Å². The topological polar surface area (TPSA) is 58.3 Å². The van der Waals surface area contributed by atoms with Gasteiger partial charge in [-0.1, -0.05) is 5.16 Å². The summed E-state index contributed by atoms with van der Waals surface area (Å²) >= 11 is 0. The molecule has 0 N–H and O–H groups in total. The van der Waals surface area contributed by atoms with Crippen LogP contribution in [0.3, 0.4) is 0 Å². The van der Waals surface area contributed by atoms with Crippen LogP contribution in [0, 0.1) is 0 Å². The Morgan fingerprint density at radius 2 is 2.14 bits per heavy atom. The molecule has 3 heterocycles. The van der Waals surface area contributed by atoms with E-state index in [0.29, 0.717) is 6.04 Å². The zero-order valence-electron chi connectivity index (χ0n) is 12.9. The molecule has 0 bridgehead atoms. The van der Waals surface area contributed by atoms with E-state index in [1.807, 2.05) is 6.07 Å². The molecule has 0 saturated carbocycles. The first-order valence-corrected chi connectivity index (χ1v) is 7.99. The van der Waals surface area contributed by atoms with E-state index < -0.39 is 0 Å². The molecular formula is C16H21N5O. The Balaban J connectivity index is 1.36. The lowest BCUT2D eigenvalue weighted by molar-refractivity contribution is 0.192. The van der Waals surface area contributed by atoms with Crippen molar-refractivity contribution in [1.82, 2.24) is 20.3 Å². The molecule has 1 saturated heterocycles. The first-order chi connectivity index (χ1) is 10.8. The van der Waals surface area contributed by atoms with E-state index in [-0.39, 0.29) is 0 Å². The van der Waals surface area contributed by atoms with E-state index >= 15 is 0 Å². The lowest BCUT2D eigenvalue weighted by Gasteiger charge is -2.44. The van der Waals surface area contributed by atoms with Crippen molar-refractivity contribution in [2.24, 2.45) is 0 Å². The molecule has 0 atom stereocenters. The second-order valence-electron chi connectivity index (χ2n) is 6.35. The van der Waals surface area contributed by atoms with Crippen molar-refractivity contribution in [1.29, 1.82) is 0 Å². The summed E-state index contributed by atoms with van der Waals surface area (Å²) in [5, 5.41) is 12.8. The number of hydrogen-bond donors (Lipinski definition) is 0. The van der Waals surface area contributed by atoms with Crippen molar-refractivity contribution in [3.05, 3.63) is 35.3 Å². The van der Waals surface area contributed by atoms with Crippen LogP contribution in [0.25, 0.3) is 0 Å². The molecule has 4 rings (SSSR count). The van der Waals surface area contributed by atoms with Gasteiger partial charge in [0.25, 0.3) is 0 Å². The predicted octanol–water partition coefficient (Wildman–Crippen LogP) is 1.66. The van der Waals surface area contributed by atoms with Gasteiger partial charge in [-0.15, -0.1) is 5.10 Å². The predicted molar refractivity (Wildman–Crippen MR) is 82.6 cm³/mol. The van der Waals surface area contributed by atoms with Gasteiger partial charge in [-0.2, -0.15) is 5.10 Å². The quantitative estimate of drug-likeness (QED) is 0.856. The average Bonchev–Trinajstić information content (AvgIpc) is 2.98. The van der Waals surface area contributed by atoms with Crippen molar-refractivity contribution in [2.75, 3.05) is 25.0 Å². The molecule has 0 aromatic carbocycles. The van der Waals surface area contributed by atoms with Crippen LogP contribution in [-0.2, 0) is 19.4 Å². The van der Waals surface area contributed by atoms with Gasteiger partial charge in [-0.25, -0.2) is 0 Å². The van der Waals surface area contributed by atoms with Gasteiger partial charge in [0.15, 0.2) is 5.82 Å². The van der Waals surface area contributed by atoms with Gasteiger partial charge in [0.05, 0.1) is 11.4 Å². The lowest BCUT2D eigenvalue weighted by atomic mass is 9.96. The fourth-order valence-corrected chi connectivity index (χ4v) is 3.26. The van der Waals surface area contributed by atoms with Gasteiger partial charge in [0.2, 0.25) is 0 Å². The smallest absolute Gasteiger partial charge is 0.151 e. The molecule has 6 nitrogen and oxygen atoms in total. The molecule has 0 radical (unpaired) electrons. The highest BCUT2D eigenvalue weighted by molar-refractivity contribution is 5.45. The molecule has 0 unspecified atom stereocenters. The maximum atomic E-state index is 4.88. The Morgan fingerprint density at radius 1 is 1.27 bits per heavy atom. The second-order valence-corrected chi connectivity index (χ2v) is 6.35. The Labute approximate surface area is 130 Å². The number of hydrogen-bond acceptors (Lipinski definition) is 6. The summed E-state index contributed by atoms with van der Waals surface area (Å²) in [7, 11) is 2.13. The molecular weight excluding hydrogens is 278 g/mol. The maximum absolute atomic E-state index is 4.88. The average molecular weight is 299 g/mol. The van der Waals surface area contributed by atoms with E-state index in [1.54, 1.807) is 6.26 Å². The highest BCUT2D eigenvalue weighted by Gasteiger charge is 2.31. The number of anilines is 1. The molecule has 1 aliphatic heterocycles. The van der Waals surface area contributed by atoms with Gasteiger partial charge in [-0.05, 0) is 44.4 Å². The Kier molecular flexibility index (Phi) is 3.54. The fourth-order valence-electron chi connectivity index (χ4n) is 3.26.